The summed E-state index contributed by atoms with van der Waals surface area (Å²) in [5.41, 5.74) is 1.02. The molecule has 2 aliphatic rings. The van der Waals surface area contributed by atoms with Gasteiger partial charge in [0.25, 0.3) is 0 Å². The van der Waals surface area contributed by atoms with Crippen LogP contribution in [0.5, 0.6) is 11.5 Å². The van der Waals surface area contributed by atoms with Crippen molar-refractivity contribution in [2.24, 2.45) is 0 Å². The monoisotopic (exact) mass is 403 g/mol. The second-order valence-electron chi connectivity index (χ2n) is 7.13. The van der Waals surface area contributed by atoms with Crippen molar-refractivity contribution in [3.8, 4) is 11.5 Å². The summed E-state index contributed by atoms with van der Waals surface area (Å²) in [5.74, 6) is 1.44. The van der Waals surface area contributed by atoms with Crippen molar-refractivity contribution < 1.29 is 17.9 Å². The van der Waals surface area contributed by atoms with Gasteiger partial charge in [0.05, 0.1) is 4.90 Å². The summed E-state index contributed by atoms with van der Waals surface area (Å²) in [4.78, 5) is 4.88. The van der Waals surface area contributed by atoms with Gasteiger partial charge in [-0.05, 0) is 36.9 Å². The van der Waals surface area contributed by atoms with Gasteiger partial charge in [0.15, 0.2) is 11.5 Å². The average Bonchev–Trinajstić information content (AvgIpc) is 3.18. The largest absolute Gasteiger partial charge is 0.454 e. The second-order valence-corrected chi connectivity index (χ2v) is 8.90. The number of ether oxygens (including phenoxy) is 2. The van der Waals surface area contributed by atoms with Gasteiger partial charge < -0.3 is 14.4 Å². The lowest BCUT2D eigenvalue weighted by Crippen LogP contribution is -2.48. The number of nitrogens with one attached hydrogen (secondary N) is 1. The van der Waals surface area contributed by atoms with Crippen molar-refractivity contribution in [3.63, 3.8) is 0 Å². The molecule has 1 fully saturated rings. The van der Waals surface area contributed by atoms with Crippen molar-refractivity contribution in [3.05, 3.63) is 54.1 Å². The summed E-state index contributed by atoms with van der Waals surface area (Å²) in [7, 11) is -1.47. The smallest absolute Gasteiger partial charge is 0.240 e. The zero-order valence-electron chi connectivity index (χ0n) is 15.9. The lowest BCUT2D eigenvalue weighted by atomic mass is 10.0. The molecule has 0 unspecified atom stereocenters. The number of benzene rings is 2. The van der Waals surface area contributed by atoms with Crippen LogP contribution >= 0.6 is 0 Å². The molecule has 2 aromatic rings. The minimum Gasteiger partial charge on any atom is -0.454 e. The molecule has 4 rings (SSSR count). The summed E-state index contributed by atoms with van der Waals surface area (Å²) in [6.07, 6.45) is 0. The van der Waals surface area contributed by atoms with Crippen molar-refractivity contribution in [2.45, 2.75) is 10.9 Å². The van der Waals surface area contributed by atoms with Crippen LogP contribution in [0.15, 0.2) is 53.4 Å². The Bertz CT molecular complexity index is 912. The average molecular weight is 404 g/mol. The first-order valence-electron chi connectivity index (χ1n) is 9.40. The molecule has 1 saturated heterocycles. The summed E-state index contributed by atoms with van der Waals surface area (Å²) in [6.45, 7) is 4.17. The molecule has 150 valence electrons. The Kier molecular flexibility index (Phi) is 5.54. The number of nitrogens with zero attached hydrogens (tertiary/aromatic N) is 2. The van der Waals surface area contributed by atoms with Crippen LogP contribution in [0.2, 0.25) is 0 Å². The van der Waals surface area contributed by atoms with Crippen molar-refractivity contribution in [1.29, 1.82) is 0 Å². The van der Waals surface area contributed by atoms with E-state index in [1.54, 1.807) is 30.3 Å². The highest BCUT2D eigenvalue weighted by atomic mass is 32.2. The molecule has 7 nitrogen and oxygen atoms in total. The summed E-state index contributed by atoms with van der Waals surface area (Å²) in [5, 5.41) is 0. The molecule has 1 atom stereocenters. The summed E-state index contributed by atoms with van der Waals surface area (Å²) < 4.78 is 39.1. The van der Waals surface area contributed by atoms with Gasteiger partial charge in [0, 0.05) is 38.8 Å². The fourth-order valence-corrected chi connectivity index (χ4v) is 4.64. The number of piperazine rings is 1. The zero-order valence-corrected chi connectivity index (χ0v) is 16.7. The molecule has 0 aliphatic carbocycles. The van der Waals surface area contributed by atoms with Gasteiger partial charge in [-0.15, -0.1) is 0 Å². The van der Waals surface area contributed by atoms with E-state index >= 15 is 0 Å². The minimum absolute atomic E-state index is 0.0818. The van der Waals surface area contributed by atoms with Gasteiger partial charge >= 0.3 is 0 Å². The van der Waals surface area contributed by atoms with E-state index < -0.39 is 10.0 Å². The van der Waals surface area contributed by atoms with Crippen LogP contribution in [0.4, 0.5) is 0 Å². The van der Waals surface area contributed by atoms with Gasteiger partial charge in [0.2, 0.25) is 16.8 Å². The first kappa shape index (κ1) is 19.2. The third-order valence-electron chi connectivity index (χ3n) is 5.28. The van der Waals surface area contributed by atoms with E-state index in [1.165, 1.54) is 0 Å². The Morgan fingerprint density at radius 2 is 1.71 bits per heavy atom. The predicted octanol–water partition coefficient (Wildman–Crippen LogP) is 1.68. The molecular formula is C20H25N3O4S. The van der Waals surface area contributed by atoms with Crippen LogP contribution in [-0.2, 0) is 10.0 Å². The highest BCUT2D eigenvalue weighted by molar-refractivity contribution is 7.89. The van der Waals surface area contributed by atoms with Crippen molar-refractivity contribution in [2.75, 3.05) is 46.6 Å². The Morgan fingerprint density at radius 1 is 1.00 bits per heavy atom. The number of sulfonamides is 1. The van der Waals surface area contributed by atoms with Crippen LogP contribution in [0, 0.1) is 0 Å². The van der Waals surface area contributed by atoms with E-state index in [9.17, 15) is 8.42 Å². The molecule has 0 bridgehead atoms. The van der Waals surface area contributed by atoms with Crippen LogP contribution in [0.1, 0.15) is 11.6 Å². The Morgan fingerprint density at radius 3 is 2.46 bits per heavy atom. The lowest BCUT2D eigenvalue weighted by Gasteiger charge is -2.38. The van der Waals surface area contributed by atoms with Crippen molar-refractivity contribution in [1.82, 2.24) is 14.5 Å². The van der Waals surface area contributed by atoms with Crippen LogP contribution in [0.3, 0.4) is 0 Å². The van der Waals surface area contributed by atoms with E-state index in [1.807, 2.05) is 18.2 Å². The number of rotatable bonds is 6. The maximum atomic E-state index is 12.7. The molecule has 2 aromatic carbocycles. The number of likely N-dealkylation sites (N-methyl/N-ethyl adjacent to an activating group) is 1. The van der Waals surface area contributed by atoms with E-state index in [0.29, 0.717) is 12.3 Å². The molecule has 8 heteroatoms. The second kappa shape index (κ2) is 8.08. The fourth-order valence-electron chi connectivity index (χ4n) is 3.58. The van der Waals surface area contributed by atoms with E-state index in [0.717, 1.165) is 37.5 Å². The van der Waals surface area contributed by atoms with Crippen LogP contribution in [0.25, 0.3) is 0 Å². The fraction of sp³-hybridized carbons (Fsp3) is 0.400. The Balaban J connectivity index is 1.56. The molecule has 0 amide bonds. The van der Waals surface area contributed by atoms with E-state index in [2.05, 4.69) is 21.6 Å². The maximum absolute atomic E-state index is 12.7. The first-order chi connectivity index (χ1) is 13.5. The number of hydrogen-bond donors (Lipinski definition) is 1. The van der Waals surface area contributed by atoms with Crippen LogP contribution in [-0.4, -0.2) is 64.8 Å². The first-order valence-corrected chi connectivity index (χ1v) is 10.9. The molecule has 0 spiro atoms. The van der Waals surface area contributed by atoms with E-state index in [4.69, 9.17) is 9.47 Å². The molecular weight excluding hydrogens is 378 g/mol. The summed E-state index contributed by atoms with van der Waals surface area (Å²) >= 11 is 0. The van der Waals surface area contributed by atoms with E-state index in [-0.39, 0.29) is 17.7 Å². The molecule has 2 aliphatic heterocycles. The lowest BCUT2D eigenvalue weighted by molar-refractivity contribution is 0.112. The molecule has 28 heavy (non-hydrogen) atoms. The van der Waals surface area contributed by atoms with Gasteiger partial charge in [-0.1, -0.05) is 24.3 Å². The summed E-state index contributed by atoms with van der Waals surface area (Å²) in [6, 6.07) is 14.2. The Hall–Kier alpha value is -2.13. The molecule has 1 N–H and O–H groups in total. The topological polar surface area (TPSA) is 71.1 Å². The minimum atomic E-state index is -3.57. The normalized spacial score (nSPS) is 18.9. The van der Waals surface area contributed by atoms with Crippen molar-refractivity contribution >= 4 is 10.0 Å². The van der Waals surface area contributed by atoms with Gasteiger partial charge in [-0.25, -0.2) is 13.1 Å². The molecule has 2 heterocycles. The predicted molar refractivity (Wildman–Crippen MR) is 106 cm³/mol. The zero-order chi connectivity index (χ0) is 19.6. The maximum Gasteiger partial charge on any atom is 0.240 e. The van der Waals surface area contributed by atoms with Gasteiger partial charge in [0.1, 0.15) is 0 Å². The Labute approximate surface area is 165 Å². The molecule has 0 aromatic heterocycles. The molecule has 0 saturated carbocycles. The van der Waals surface area contributed by atoms with Gasteiger partial charge in [-0.3, -0.25) is 4.90 Å². The third-order valence-corrected chi connectivity index (χ3v) is 6.72. The molecule has 0 radical (unpaired) electrons. The number of fused-ring (bicyclic) bond motifs is 1. The third kappa shape index (κ3) is 4.15. The number of hydrogen-bond acceptors (Lipinski definition) is 6. The highest BCUT2D eigenvalue weighted by Crippen LogP contribution is 2.35. The SMILES string of the molecule is CN1CCN([C@@H](CNS(=O)(=O)c2ccccc2)c2ccc3c(c2)OCO3)CC1. The highest BCUT2D eigenvalue weighted by Gasteiger charge is 2.27. The van der Waals surface area contributed by atoms with Gasteiger partial charge in [-0.2, -0.15) is 0 Å². The quantitative estimate of drug-likeness (QED) is 0.791. The standard InChI is InChI=1S/C20H25N3O4S/c1-22-9-11-23(12-10-22)18(16-7-8-19-20(13-16)27-15-26-19)14-21-28(24,25)17-5-3-2-4-6-17/h2-8,13,18,21H,9-12,14-15H2,1H3/t18-/m0/s1. The van der Waals surface area contributed by atoms with Crippen LogP contribution < -0.4 is 14.2 Å².